The average Bonchev–Trinajstić information content (AvgIpc) is 2.37. The molecule has 0 aliphatic carbocycles. The second-order valence-electron chi connectivity index (χ2n) is 4.85. The van der Waals surface area contributed by atoms with E-state index in [9.17, 15) is 19.5 Å². The van der Waals surface area contributed by atoms with Gasteiger partial charge in [0.1, 0.15) is 0 Å². The molecule has 0 heterocycles. The van der Waals surface area contributed by atoms with Gasteiger partial charge in [-0.25, -0.2) is 4.79 Å². The van der Waals surface area contributed by atoms with Crippen LogP contribution in [-0.4, -0.2) is 48.4 Å². The summed E-state index contributed by atoms with van der Waals surface area (Å²) < 4.78 is 0. The lowest BCUT2D eigenvalue weighted by Gasteiger charge is -2.12. The molecular weight excluding hydrogens is 274 g/mol. The monoisotopic (exact) mass is 293 g/mol. The molecule has 1 aromatic rings. The van der Waals surface area contributed by atoms with Crippen molar-refractivity contribution < 1.29 is 19.5 Å². The van der Waals surface area contributed by atoms with Crippen LogP contribution in [-0.2, 0) is 9.59 Å². The Morgan fingerprint density at radius 3 is 2.38 bits per heavy atom. The van der Waals surface area contributed by atoms with E-state index in [1.54, 1.807) is 0 Å². The molecule has 0 radical (unpaired) electrons. The SMILES string of the molecule is CC(=O)Nc1ccc(NC(=O)CCN(C)C)c(C(=O)O)c1. The molecule has 0 fully saturated rings. The first kappa shape index (κ1) is 16.6. The van der Waals surface area contributed by atoms with E-state index in [0.29, 0.717) is 12.2 Å². The first-order valence-electron chi connectivity index (χ1n) is 6.39. The molecular formula is C14H19N3O4. The summed E-state index contributed by atoms with van der Waals surface area (Å²) in [5.74, 6) is -1.74. The summed E-state index contributed by atoms with van der Waals surface area (Å²) in [5.41, 5.74) is 0.506. The minimum atomic E-state index is -1.18. The Hall–Kier alpha value is -2.41. The van der Waals surface area contributed by atoms with Crippen LogP contribution in [0.3, 0.4) is 0 Å². The van der Waals surface area contributed by atoms with Gasteiger partial charge in [-0.3, -0.25) is 9.59 Å². The van der Waals surface area contributed by atoms with Gasteiger partial charge in [0.15, 0.2) is 0 Å². The van der Waals surface area contributed by atoms with Crippen LogP contribution in [0.25, 0.3) is 0 Å². The van der Waals surface area contributed by atoms with Crippen LogP contribution in [0.5, 0.6) is 0 Å². The number of rotatable bonds is 6. The van der Waals surface area contributed by atoms with Crippen LogP contribution in [0.4, 0.5) is 11.4 Å². The molecule has 3 N–H and O–H groups in total. The number of aromatic carboxylic acids is 1. The van der Waals surface area contributed by atoms with Crippen LogP contribution in [0.15, 0.2) is 18.2 Å². The number of nitrogens with one attached hydrogen (secondary N) is 2. The first-order chi connectivity index (χ1) is 9.79. The first-order valence-corrected chi connectivity index (χ1v) is 6.39. The highest BCUT2D eigenvalue weighted by molar-refractivity contribution is 6.02. The Bertz CT molecular complexity index is 555. The minimum Gasteiger partial charge on any atom is -0.478 e. The number of hydrogen-bond acceptors (Lipinski definition) is 4. The number of carboxylic acid groups (broad SMARTS) is 1. The van der Waals surface area contributed by atoms with Crippen molar-refractivity contribution in [3.05, 3.63) is 23.8 Å². The molecule has 0 atom stereocenters. The van der Waals surface area contributed by atoms with Crippen molar-refractivity contribution in [2.24, 2.45) is 0 Å². The number of hydrogen-bond donors (Lipinski definition) is 3. The normalized spacial score (nSPS) is 10.3. The Morgan fingerprint density at radius 2 is 1.86 bits per heavy atom. The highest BCUT2D eigenvalue weighted by Crippen LogP contribution is 2.21. The third-order valence-electron chi connectivity index (χ3n) is 2.63. The Labute approximate surface area is 122 Å². The molecule has 7 heteroatoms. The lowest BCUT2D eigenvalue weighted by molar-refractivity contribution is -0.116. The van der Waals surface area contributed by atoms with E-state index in [0.717, 1.165) is 0 Å². The van der Waals surface area contributed by atoms with Crippen molar-refractivity contribution in [1.29, 1.82) is 0 Å². The predicted molar refractivity (Wildman–Crippen MR) is 79.5 cm³/mol. The van der Waals surface area contributed by atoms with E-state index in [4.69, 9.17) is 0 Å². The molecule has 21 heavy (non-hydrogen) atoms. The van der Waals surface area contributed by atoms with Gasteiger partial charge < -0.3 is 20.6 Å². The second kappa shape index (κ2) is 7.39. The Kier molecular flexibility index (Phi) is 5.86. The van der Waals surface area contributed by atoms with Crippen LogP contribution >= 0.6 is 0 Å². The lowest BCUT2D eigenvalue weighted by Crippen LogP contribution is -2.21. The molecule has 7 nitrogen and oxygen atoms in total. The van der Waals surface area contributed by atoms with Gasteiger partial charge in [-0.05, 0) is 32.3 Å². The fourth-order valence-electron chi connectivity index (χ4n) is 1.65. The standard InChI is InChI=1S/C14H19N3O4/c1-9(18)15-10-4-5-12(11(8-10)14(20)21)16-13(19)6-7-17(2)3/h4-5,8H,6-7H2,1-3H3,(H,15,18)(H,16,19)(H,20,21). The summed E-state index contributed by atoms with van der Waals surface area (Å²) in [4.78, 5) is 35.8. The van der Waals surface area contributed by atoms with Gasteiger partial charge in [0.2, 0.25) is 11.8 Å². The van der Waals surface area contributed by atoms with Gasteiger partial charge in [-0.1, -0.05) is 0 Å². The number of carboxylic acids is 1. The van der Waals surface area contributed by atoms with E-state index in [1.807, 2.05) is 19.0 Å². The Balaban J connectivity index is 2.88. The molecule has 0 spiro atoms. The molecule has 0 saturated carbocycles. The van der Waals surface area contributed by atoms with E-state index in [1.165, 1.54) is 25.1 Å². The fraction of sp³-hybridized carbons (Fsp3) is 0.357. The maximum absolute atomic E-state index is 11.8. The maximum atomic E-state index is 11.8. The summed E-state index contributed by atoms with van der Waals surface area (Å²) >= 11 is 0. The molecule has 1 aromatic carbocycles. The molecule has 114 valence electrons. The highest BCUT2D eigenvalue weighted by Gasteiger charge is 2.14. The molecule has 1 rings (SSSR count). The number of amides is 2. The molecule has 0 saturated heterocycles. The number of anilines is 2. The lowest BCUT2D eigenvalue weighted by atomic mass is 10.1. The van der Waals surface area contributed by atoms with Crippen molar-refractivity contribution >= 4 is 29.2 Å². The number of benzene rings is 1. The summed E-state index contributed by atoms with van der Waals surface area (Å²) in [5, 5.41) is 14.3. The fourth-order valence-corrected chi connectivity index (χ4v) is 1.65. The van der Waals surface area contributed by atoms with E-state index < -0.39 is 5.97 Å². The van der Waals surface area contributed by atoms with Crippen molar-refractivity contribution in [3.8, 4) is 0 Å². The van der Waals surface area contributed by atoms with Gasteiger partial charge in [-0.2, -0.15) is 0 Å². The van der Waals surface area contributed by atoms with Gasteiger partial charge >= 0.3 is 5.97 Å². The van der Waals surface area contributed by atoms with Crippen molar-refractivity contribution in [2.45, 2.75) is 13.3 Å². The topological polar surface area (TPSA) is 98.7 Å². The Morgan fingerprint density at radius 1 is 1.19 bits per heavy atom. The molecule has 0 aliphatic rings. The predicted octanol–water partition coefficient (Wildman–Crippen LogP) is 1.23. The maximum Gasteiger partial charge on any atom is 0.337 e. The summed E-state index contributed by atoms with van der Waals surface area (Å²) in [7, 11) is 3.69. The van der Waals surface area contributed by atoms with Crippen LogP contribution in [0.2, 0.25) is 0 Å². The van der Waals surface area contributed by atoms with Gasteiger partial charge in [-0.15, -0.1) is 0 Å². The average molecular weight is 293 g/mol. The van der Waals surface area contributed by atoms with Crippen LogP contribution in [0.1, 0.15) is 23.7 Å². The highest BCUT2D eigenvalue weighted by atomic mass is 16.4. The third kappa shape index (κ3) is 5.62. The summed E-state index contributed by atoms with van der Waals surface area (Å²) in [6, 6.07) is 4.31. The van der Waals surface area contributed by atoms with Crippen molar-refractivity contribution in [1.82, 2.24) is 4.90 Å². The molecule has 0 aromatic heterocycles. The zero-order chi connectivity index (χ0) is 16.0. The smallest absolute Gasteiger partial charge is 0.337 e. The quantitative estimate of drug-likeness (QED) is 0.732. The van der Waals surface area contributed by atoms with Gasteiger partial charge in [0.25, 0.3) is 0 Å². The molecule has 0 bridgehead atoms. The zero-order valence-corrected chi connectivity index (χ0v) is 12.3. The van der Waals surface area contributed by atoms with E-state index in [2.05, 4.69) is 10.6 Å². The van der Waals surface area contributed by atoms with Crippen molar-refractivity contribution in [3.63, 3.8) is 0 Å². The van der Waals surface area contributed by atoms with Gasteiger partial charge in [0, 0.05) is 25.6 Å². The number of carbonyl (C=O) groups excluding carboxylic acids is 2. The summed E-state index contributed by atoms with van der Waals surface area (Å²) in [6.07, 6.45) is 0.263. The molecule has 0 unspecified atom stereocenters. The van der Waals surface area contributed by atoms with E-state index >= 15 is 0 Å². The minimum absolute atomic E-state index is 0.0700. The second-order valence-corrected chi connectivity index (χ2v) is 4.85. The van der Waals surface area contributed by atoms with E-state index in [-0.39, 0.29) is 29.5 Å². The molecule has 2 amide bonds. The molecule has 0 aliphatic heterocycles. The zero-order valence-electron chi connectivity index (χ0n) is 12.3. The van der Waals surface area contributed by atoms with Crippen LogP contribution < -0.4 is 10.6 Å². The third-order valence-corrected chi connectivity index (χ3v) is 2.63. The largest absolute Gasteiger partial charge is 0.478 e. The number of nitrogens with zero attached hydrogens (tertiary/aromatic N) is 1. The van der Waals surface area contributed by atoms with Crippen molar-refractivity contribution in [2.75, 3.05) is 31.3 Å². The number of carbonyl (C=O) groups is 3. The van der Waals surface area contributed by atoms with Crippen LogP contribution in [0, 0.1) is 0 Å². The summed E-state index contributed by atoms with van der Waals surface area (Å²) in [6.45, 7) is 1.90. The van der Waals surface area contributed by atoms with Gasteiger partial charge in [0.05, 0.1) is 11.3 Å².